The summed E-state index contributed by atoms with van der Waals surface area (Å²) in [6, 6.07) is 0. The molecule has 1 N–H and O–H groups in total. The molecule has 0 rings (SSSR count). The van der Waals surface area contributed by atoms with Gasteiger partial charge in [-0.3, -0.25) is 0 Å². The number of ether oxygens (including phenoxy) is 1. The van der Waals surface area contributed by atoms with E-state index in [4.69, 9.17) is 9.84 Å². The quantitative estimate of drug-likeness (QED) is 0.634. The molecule has 1 unspecified atom stereocenters. The lowest BCUT2D eigenvalue weighted by Gasteiger charge is -2.31. The normalized spacial score (nSPS) is 15.7. The lowest BCUT2D eigenvalue weighted by atomic mass is 9.88. The van der Waals surface area contributed by atoms with Gasteiger partial charge in [0, 0.05) is 13.7 Å². The zero-order valence-electron chi connectivity index (χ0n) is 9.31. The first-order chi connectivity index (χ1) is 6.24. The molecule has 0 saturated carbocycles. The number of hydrogen-bond acceptors (Lipinski definition) is 2. The highest BCUT2D eigenvalue weighted by molar-refractivity contribution is 4.79. The van der Waals surface area contributed by atoms with Gasteiger partial charge in [0.05, 0.1) is 5.60 Å². The highest BCUT2D eigenvalue weighted by Crippen LogP contribution is 2.27. The van der Waals surface area contributed by atoms with Crippen LogP contribution in [0, 0.1) is 0 Å². The van der Waals surface area contributed by atoms with Gasteiger partial charge in [0.15, 0.2) is 0 Å². The Morgan fingerprint density at radius 2 is 1.77 bits per heavy atom. The molecule has 0 spiro atoms. The van der Waals surface area contributed by atoms with Gasteiger partial charge >= 0.3 is 0 Å². The molecule has 0 radical (unpaired) electrons. The summed E-state index contributed by atoms with van der Waals surface area (Å²) >= 11 is 0. The van der Waals surface area contributed by atoms with E-state index in [-0.39, 0.29) is 12.2 Å². The summed E-state index contributed by atoms with van der Waals surface area (Å²) in [5.74, 6) is 0. The first kappa shape index (κ1) is 12.9. The Labute approximate surface area is 82.3 Å². The Bertz CT molecular complexity index is 107. The van der Waals surface area contributed by atoms with Gasteiger partial charge in [0.1, 0.15) is 0 Å². The van der Waals surface area contributed by atoms with Crippen molar-refractivity contribution in [2.45, 2.75) is 58.0 Å². The third-order valence-electron chi connectivity index (χ3n) is 2.69. The summed E-state index contributed by atoms with van der Waals surface area (Å²) in [7, 11) is 1.76. The van der Waals surface area contributed by atoms with Gasteiger partial charge in [-0.25, -0.2) is 0 Å². The van der Waals surface area contributed by atoms with E-state index in [1.807, 2.05) is 0 Å². The molecular formula is C11H24O2. The molecule has 80 valence electrons. The summed E-state index contributed by atoms with van der Waals surface area (Å²) in [5.41, 5.74) is -0.0560. The van der Waals surface area contributed by atoms with Gasteiger partial charge in [-0.15, -0.1) is 0 Å². The largest absolute Gasteiger partial charge is 0.396 e. The first-order valence-electron chi connectivity index (χ1n) is 5.40. The molecular weight excluding hydrogens is 164 g/mol. The van der Waals surface area contributed by atoms with Crippen LogP contribution < -0.4 is 0 Å². The number of methoxy groups -OCH3 is 1. The smallest absolute Gasteiger partial charge is 0.0700 e. The molecule has 0 heterocycles. The number of unbranched alkanes of at least 4 members (excludes halogenated alkanes) is 1. The second kappa shape index (κ2) is 7.34. The second-order valence-electron chi connectivity index (χ2n) is 3.71. The van der Waals surface area contributed by atoms with Gasteiger partial charge in [-0.2, -0.15) is 0 Å². The van der Waals surface area contributed by atoms with Gasteiger partial charge < -0.3 is 9.84 Å². The van der Waals surface area contributed by atoms with E-state index in [0.29, 0.717) is 0 Å². The van der Waals surface area contributed by atoms with E-state index in [1.54, 1.807) is 7.11 Å². The number of aliphatic hydroxyl groups excluding tert-OH is 1. The first-order valence-corrected chi connectivity index (χ1v) is 5.40. The van der Waals surface area contributed by atoms with Crippen LogP contribution in [-0.4, -0.2) is 24.4 Å². The van der Waals surface area contributed by atoms with Crippen LogP contribution >= 0.6 is 0 Å². The molecule has 0 aliphatic heterocycles. The lowest BCUT2D eigenvalue weighted by molar-refractivity contribution is -0.0430. The van der Waals surface area contributed by atoms with Crippen molar-refractivity contribution in [1.82, 2.24) is 0 Å². The maximum absolute atomic E-state index is 8.98. The zero-order chi connectivity index (χ0) is 10.2. The number of rotatable bonds is 8. The molecule has 0 fully saturated rings. The van der Waals surface area contributed by atoms with Crippen molar-refractivity contribution in [3.8, 4) is 0 Å². The van der Waals surface area contributed by atoms with Crippen LogP contribution in [0.1, 0.15) is 52.4 Å². The Morgan fingerprint density at radius 3 is 2.15 bits per heavy atom. The van der Waals surface area contributed by atoms with Crippen molar-refractivity contribution in [1.29, 1.82) is 0 Å². The van der Waals surface area contributed by atoms with Crippen molar-refractivity contribution >= 4 is 0 Å². The predicted molar refractivity (Wildman–Crippen MR) is 55.9 cm³/mol. The lowest BCUT2D eigenvalue weighted by Crippen LogP contribution is -2.32. The Balaban J connectivity index is 4.07. The van der Waals surface area contributed by atoms with Crippen LogP contribution in [0.2, 0.25) is 0 Å². The molecule has 0 aromatic carbocycles. The molecule has 0 aliphatic rings. The Kier molecular flexibility index (Phi) is 7.29. The van der Waals surface area contributed by atoms with Crippen molar-refractivity contribution in [3.05, 3.63) is 0 Å². The number of aliphatic hydroxyl groups is 1. The van der Waals surface area contributed by atoms with Crippen molar-refractivity contribution in [2.75, 3.05) is 13.7 Å². The monoisotopic (exact) mass is 188 g/mol. The molecule has 0 amide bonds. The molecule has 0 bridgehead atoms. The maximum atomic E-state index is 8.98. The fourth-order valence-corrected chi connectivity index (χ4v) is 1.84. The van der Waals surface area contributed by atoms with Crippen molar-refractivity contribution < 1.29 is 9.84 Å². The van der Waals surface area contributed by atoms with Crippen LogP contribution in [0.4, 0.5) is 0 Å². The van der Waals surface area contributed by atoms with E-state index in [0.717, 1.165) is 25.7 Å². The highest BCUT2D eigenvalue weighted by Gasteiger charge is 2.27. The van der Waals surface area contributed by atoms with Gasteiger partial charge in [-0.1, -0.05) is 33.1 Å². The highest BCUT2D eigenvalue weighted by atomic mass is 16.5. The van der Waals surface area contributed by atoms with Gasteiger partial charge in [0.2, 0.25) is 0 Å². The molecule has 0 aromatic heterocycles. The summed E-state index contributed by atoms with van der Waals surface area (Å²) in [6.45, 7) is 4.58. The summed E-state index contributed by atoms with van der Waals surface area (Å²) in [5, 5.41) is 8.98. The average Bonchev–Trinajstić information content (AvgIpc) is 2.15. The SMILES string of the molecule is CCCCC(CCC)(CCO)OC. The summed E-state index contributed by atoms with van der Waals surface area (Å²) in [6.07, 6.45) is 6.42. The van der Waals surface area contributed by atoms with Gasteiger partial charge in [-0.05, 0) is 19.3 Å². The zero-order valence-corrected chi connectivity index (χ0v) is 9.31. The van der Waals surface area contributed by atoms with Crippen LogP contribution in [-0.2, 0) is 4.74 Å². The van der Waals surface area contributed by atoms with E-state index in [2.05, 4.69) is 13.8 Å². The Morgan fingerprint density at radius 1 is 1.08 bits per heavy atom. The third kappa shape index (κ3) is 4.63. The average molecular weight is 188 g/mol. The predicted octanol–water partition coefficient (Wildman–Crippen LogP) is 2.74. The molecule has 1 atom stereocenters. The summed E-state index contributed by atoms with van der Waals surface area (Å²) in [4.78, 5) is 0. The minimum absolute atomic E-state index is 0.0560. The molecule has 0 aromatic rings. The number of hydrogen-bond donors (Lipinski definition) is 1. The van der Waals surface area contributed by atoms with Gasteiger partial charge in [0.25, 0.3) is 0 Å². The van der Waals surface area contributed by atoms with E-state index in [9.17, 15) is 0 Å². The molecule has 2 nitrogen and oxygen atoms in total. The van der Waals surface area contributed by atoms with E-state index in [1.165, 1.54) is 12.8 Å². The molecule has 0 aliphatic carbocycles. The molecule has 0 saturated heterocycles. The maximum Gasteiger partial charge on any atom is 0.0700 e. The molecule has 2 heteroatoms. The van der Waals surface area contributed by atoms with E-state index >= 15 is 0 Å². The minimum Gasteiger partial charge on any atom is -0.396 e. The fourth-order valence-electron chi connectivity index (χ4n) is 1.84. The van der Waals surface area contributed by atoms with Crippen molar-refractivity contribution in [3.63, 3.8) is 0 Å². The Hall–Kier alpha value is -0.0800. The van der Waals surface area contributed by atoms with Crippen LogP contribution in [0.25, 0.3) is 0 Å². The van der Waals surface area contributed by atoms with E-state index < -0.39 is 0 Å². The minimum atomic E-state index is -0.0560. The summed E-state index contributed by atoms with van der Waals surface area (Å²) < 4.78 is 5.56. The van der Waals surface area contributed by atoms with Crippen LogP contribution in [0.3, 0.4) is 0 Å². The fraction of sp³-hybridized carbons (Fsp3) is 1.00. The van der Waals surface area contributed by atoms with Crippen molar-refractivity contribution in [2.24, 2.45) is 0 Å². The van der Waals surface area contributed by atoms with Crippen LogP contribution in [0.15, 0.2) is 0 Å². The standard InChI is InChI=1S/C11H24O2/c1-4-6-8-11(13-3,7-5-2)9-10-12/h12H,4-10H2,1-3H3. The molecule has 13 heavy (non-hydrogen) atoms. The topological polar surface area (TPSA) is 29.5 Å². The van der Waals surface area contributed by atoms with Crippen LogP contribution in [0.5, 0.6) is 0 Å². The second-order valence-corrected chi connectivity index (χ2v) is 3.71. The third-order valence-corrected chi connectivity index (χ3v) is 2.69.